The van der Waals surface area contributed by atoms with E-state index in [4.69, 9.17) is 18.5 Å². The number of hydrogen-bond donors (Lipinski definition) is 1. The molecule has 0 aliphatic carbocycles. The van der Waals surface area contributed by atoms with Crippen molar-refractivity contribution in [3.05, 3.63) is 85.1 Å². The van der Waals surface area contributed by atoms with E-state index >= 15 is 0 Å². The van der Waals surface area contributed by atoms with Gasteiger partial charge in [-0.3, -0.25) is 13.8 Å². The number of hydrogen-bond acceptors (Lipinski definition) is 6. The van der Waals surface area contributed by atoms with Crippen LogP contribution in [0.25, 0.3) is 0 Å². The van der Waals surface area contributed by atoms with Gasteiger partial charge < -0.3 is 18.9 Å². The zero-order valence-corrected chi connectivity index (χ0v) is 44.3. The minimum absolute atomic E-state index is 0.0808. The van der Waals surface area contributed by atoms with Crippen LogP contribution in [0.2, 0.25) is 0 Å². The topological polar surface area (TPSA) is 91.3 Å². The van der Waals surface area contributed by atoms with Crippen molar-refractivity contribution >= 4 is 13.8 Å². The Morgan fingerprint density at radius 2 is 0.879 bits per heavy atom. The van der Waals surface area contributed by atoms with E-state index in [-0.39, 0.29) is 25.8 Å². The van der Waals surface area contributed by atoms with Crippen molar-refractivity contribution in [1.29, 1.82) is 0 Å². The molecule has 8 nitrogen and oxygen atoms in total. The maximum Gasteiger partial charge on any atom is 0.472 e. The molecule has 0 aliphatic rings. The van der Waals surface area contributed by atoms with Crippen LogP contribution in [-0.2, 0) is 27.9 Å². The number of unbranched alkanes of at least 4 members (excludes halogenated alkanes) is 21. The van der Waals surface area contributed by atoms with E-state index in [0.717, 1.165) is 83.5 Å². The number of rotatable bonds is 49. The van der Waals surface area contributed by atoms with Crippen molar-refractivity contribution in [2.24, 2.45) is 0 Å². The molecule has 0 saturated heterocycles. The van der Waals surface area contributed by atoms with Gasteiger partial charge in [0.15, 0.2) is 0 Å². The third-order valence-corrected chi connectivity index (χ3v) is 12.2. The first-order valence-corrected chi connectivity index (χ1v) is 28.3. The van der Waals surface area contributed by atoms with E-state index in [2.05, 4.69) is 98.9 Å². The summed E-state index contributed by atoms with van der Waals surface area (Å²) >= 11 is 0. The SMILES string of the molecule is CC/C=C\C/C=C\C/C=C\C/C=C\C/C=C\C/C=C\CCCCCCCCC(=O)OC(COCCCCCCCCCC/C=C\CCCCCCCCC)COP(=O)(O)OCC[N+](C)(C)C. The van der Waals surface area contributed by atoms with Crippen LogP contribution >= 0.6 is 7.82 Å². The predicted octanol–water partition coefficient (Wildman–Crippen LogP) is 16.8. The molecule has 382 valence electrons. The van der Waals surface area contributed by atoms with Crippen molar-refractivity contribution in [1.82, 2.24) is 0 Å². The molecule has 0 fully saturated rings. The molecule has 0 aromatic rings. The molecule has 0 aromatic carbocycles. The average Bonchev–Trinajstić information content (AvgIpc) is 3.28. The molecule has 0 amide bonds. The summed E-state index contributed by atoms with van der Waals surface area (Å²) in [6.45, 7) is 5.48. The fraction of sp³-hybridized carbons (Fsp3) is 0.737. The fourth-order valence-electron chi connectivity index (χ4n) is 7.08. The molecule has 0 rings (SSSR count). The van der Waals surface area contributed by atoms with Crippen LogP contribution in [0.5, 0.6) is 0 Å². The van der Waals surface area contributed by atoms with E-state index in [0.29, 0.717) is 24.1 Å². The normalized spacial score (nSPS) is 14.2. The molecule has 2 atom stereocenters. The van der Waals surface area contributed by atoms with Crippen molar-refractivity contribution in [3.63, 3.8) is 0 Å². The largest absolute Gasteiger partial charge is 0.472 e. The number of ether oxygens (including phenoxy) is 2. The Hall–Kier alpha value is -2.32. The van der Waals surface area contributed by atoms with Gasteiger partial charge in [0.05, 0.1) is 34.4 Å². The molecule has 1 N–H and O–H groups in total. The highest BCUT2D eigenvalue weighted by Crippen LogP contribution is 2.43. The maximum atomic E-state index is 12.8. The summed E-state index contributed by atoms with van der Waals surface area (Å²) in [6.07, 6.45) is 66.3. The van der Waals surface area contributed by atoms with Crippen LogP contribution in [0.15, 0.2) is 85.1 Å². The molecule has 0 spiro atoms. The van der Waals surface area contributed by atoms with Crippen molar-refractivity contribution in [2.45, 2.75) is 219 Å². The Morgan fingerprint density at radius 3 is 1.33 bits per heavy atom. The lowest BCUT2D eigenvalue weighted by atomic mass is 10.1. The average molecular weight is 945 g/mol. The molecule has 0 bridgehead atoms. The lowest BCUT2D eigenvalue weighted by Crippen LogP contribution is -2.37. The quantitative estimate of drug-likeness (QED) is 0.0214. The predicted molar refractivity (Wildman–Crippen MR) is 284 cm³/mol. The van der Waals surface area contributed by atoms with Crippen LogP contribution < -0.4 is 0 Å². The molecule has 0 aliphatic heterocycles. The summed E-state index contributed by atoms with van der Waals surface area (Å²) < 4.78 is 35.2. The monoisotopic (exact) mass is 945 g/mol. The first kappa shape index (κ1) is 63.7. The lowest BCUT2D eigenvalue weighted by molar-refractivity contribution is -0.870. The molecule has 0 radical (unpaired) electrons. The first-order valence-electron chi connectivity index (χ1n) is 26.8. The minimum atomic E-state index is -4.29. The summed E-state index contributed by atoms with van der Waals surface area (Å²) in [4.78, 5) is 23.0. The van der Waals surface area contributed by atoms with Crippen LogP contribution in [0.4, 0.5) is 0 Å². The van der Waals surface area contributed by atoms with Gasteiger partial charge in [0, 0.05) is 13.0 Å². The van der Waals surface area contributed by atoms with Gasteiger partial charge in [-0.25, -0.2) is 4.57 Å². The van der Waals surface area contributed by atoms with Crippen LogP contribution in [0, 0.1) is 0 Å². The number of carbonyl (C=O) groups is 1. The van der Waals surface area contributed by atoms with Crippen molar-refractivity contribution in [2.75, 3.05) is 54.1 Å². The summed E-state index contributed by atoms with van der Waals surface area (Å²) in [5, 5.41) is 0. The van der Waals surface area contributed by atoms with E-state index < -0.39 is 13.9 Å². The van der Waals surface area contributed by atoms with E-state index in [9.17, 15) is 14.3 Å². The zero-order chi connectivity index (χ0) is 48.3. The number of carbonyl (C=O) groups excluding carboxylic acids is 1. The Labute approximate surface area is 407 Å². The van der Waals surface area contributed by atoms with Crippen molar-refractivity contribution < 1.29 is 37.3 Å². The van der Waals surface area contributed by atoms with E-state index in [1.807, 2.05) is 21.1 Å². The highest BCUT2D eigenvalue weighted by Gasteiger charge is 2.26. The van der Waals surface area contributed by atoms with Gasteiger partial charge in [0.25, 0.3) is 0 Å². The van der Waals surface area contributed by atoms with Gasteiger partial charge >= 0.3 is 13.8 Å². The zero-order valence-electron chi connectivity index (χ0n) is 43.4. The molecule has 0 saturated carbocycles. The van der Waals surface area contributed by atoms with Crippen LogP contribution in [0.3, 0.4) is 0 Å². The number of phosphoric ester groups is 1. The number of likely N-dealkylation sites (N-methyl/N-ethyl adjacent to an activating group) is 1. The summed E-state index contributed by atoms with van der Waals surface area (Å²) in [7, 11) is 1.65. The Kier molecular flexibility index (Phi) is 47.4. The van der Waals surface area contributed by atoms with E-state index in [1.165, 1.54) is 109 Å². The van der Waals surface area contributed by atoms with Crippen molar-refractivity contribution in [3.8, 4) is 0 Å². The third-order valence-electron chi connectivity index (χ3n) is 11.2. The lowest BCUT2D eigenvalue weighted by Gasteiger charge is -2.24. The maximum absolute atomic E-state index is 12.8. The molecular weight excluding hydrogens is 842 g/mol. The van der Waals surface area contributed by atoms with Crippen LogP contribution in [0.1, 0.15) is 213 Å². The molecular formula is C57H103NO7P+. The fourth-order valence-corrected chi connectivity index (χ4v) is 7.82. The Morgan fingerprint density at radius 1 is 0.485 bits per heavy atom. The van der Waals surface area contributed by atoms with Gasteiger partial charge in [-0.1, -0.05) is 202 Å². The molecule has 0 heterocycles. The van der Waals surface area contributed by atoms with Gasteiger partial charge in [-0.2, -0.15) is 0 Å². The molecule has 0 aromatic heterocycles. The Balaban J connectivity index is 4.19. The molecule has 66 heavy (non-hydrogen) atoms. The third kappa shape index (κ3) is 52.6. The summed E-state index contributed by atoms with van der Waals surface area (Å²) in [6, 6.07) is 0. The number of nitrogens with zero attached hydrogens (tertiary/aromatic N) is 1. The molecule has 2 unspecified atom stereocenters. The molecule has 9 heteroatoms. The smallest absolute Gasteiger partial charge is 0.457 e. The summed E-state index contributed by atoms with van der Waals surface area (Å²) in [5.41, 5.74) is 0. The highest BCUT2D eigenvalue weighted by atomic mass is 31.2. The highest BCUT2D eigenvalue weighted by molar-refractivity contribution is 7.47. The standard InChI is InChI=1S/C57H102NO7P/c1-6-8-10-12-14-16-18-20-22-24-26-27-28-29-30-31-32-34-36-38-40-42-44-46-48-50-57(59)65-56(55-64-66(60,61)63-53-51-58(3,4)5)54-62-52-49-47-45-43-41-39-37-35-33-25-23-21-19-17-15-13-11-9-7-2/h8,10,14,16,20,22-23,25-27,29-30,32,34,56H,6-7,9,11-13,15,17-19,21,24,28,31,33,35-55H2,1-5H3/p+1/b10-8-,16-14-,22-20-,25-23-,27-26-,30-29-,34-32-. The van der Waals surface area contributed by atoms with Gasteiger partial charge in [-0.05, 0) is 89.9 Å². The second-order valence-electron chi connectivity index (χ2n) is 18.9. The summed E-state index contributed by atoms with van der Waals surface area (Å²) in [5.74, 6) is -0.330. The van der Waals surface area contributed by atoms with Gasteiger partial charge in [0.2, 0.25) is 0 Å². The Bertz CT molecular complexity index is 1330. The number of allylic oxidation sites excluding steroid dienone is 14. The van der Waals surface area contributed by atoms with Gasteiger partial charge in [-0.15, -0.1) is 0 Å². The second kappa shape index (κ2) is 49.1. The number of quaternary nitrogens is 1. The number of esters is 1. The van der Waals surface area contributed by atoms with E-state index in [1.54, 1.807) is 0 Å². The minimum Gasteiger partial charge on any atom is -0.457 e. The first-order chi connectivity index (χ1) is 32.1. The van der Waals surface area contributed by atoms with Gasteiger partial charge in [0.1, 0.15) is 19.3 Å². The number of phosphoric acid groups is 1. The van der Waals surface area contributed by atoms with Crippen LogP contribution in [-0.4, -0.2) is 75.6 Å². The second-order valence-corrected chi connectivity index (χ2v) is 20.3.